The number of hydrogen-bond acceptors (Lipinski definition) is 3. The van der Waals surface area contributed by atoms with Crippen LogP contribution in [0.5, 0.6) is 0 Å². The summed E-state index contributed by atoms with van der Waals surface area (Å²) in [6.07, 6.45) is 0.163. The number of carbonyl (C=O) groups excluding carboxylic acids is 1. The largest absolute Gasteiger partial charge is 0.469 e. The van der Waals surface area contributed by atoms with Crippen LogP contribution in [0.3, 0.4) is 0 Å². The van der Waals surface area contributed by atoms with Crippen molar-refractivity contribution in [2.75, 3.05) is 7.11 Å². The van der Waals surface area contributed by atoms with Crippen molar-refractivity contribution in [2.45, 2.75) is 19.4 Å². The van der Waals surface area contributed by atoms with E-state index < -0.39 is 0 Å². The minimum absolute atomic E-state index is 0.163. The van der Waals surface area contributed by atoms with Gasteiger partial charge in [0.25, 0.3) is 0 Å². The summed E-state index contributed by atoms with van der Waals surface area (Å²) in [6, 6.07) is 5.17. The number of rotatable bonds is 3. The van der Waals surface area contributed by atoms with Gasteiger partial charge in [0.15, 0.2) is 0 Å². The van der Waals surface area contributed by atoms with Crippen LogP contribution < -0.4 is 5.73 Å². The summed E-state index contributed by atoms with van der Waals surface area (Å²) in [4.78, 5) is 11.0. The molecular weight excluding hydrogens is 214 g/mol. The van der Waals surface area contributed by atoms with Crippen molar-refractivity contribution in [2.24, 2.45) is 5.73 Å². The van der Waals surface area contributed by atoms with Gasteiger partial charge in [0.2, 0.25) is 0 Å². The highest BCUT2D eigenvalue weighted by Crippen LogP contribution is 2.21. The maximum Gasteiger partial charge on any atom is 0.307 e. The SMILES string of the molecule is COC(=O)C[C@@H](N)c1ccc(C)c(Cl)c1. The van der Waals surface area contributed by atoms with Gasteiger partial charge in [-0.3, -0.25) is 4.79 Å². The molecule has 15 heavy (non-hydrogen) atoms. The van der Waals surface area contributed by atoms with Crippen molar-refractivity contribution in [3.63, 3.8) is 0 Å². The summed E-state index contributed by atoms with van der Waals surface area (Å²) in [5.41, 5.74) is 7.67. The van der Waals surface area contributed by atoms with Gasteiger partial charge in [-0.1, -0.05) is 23.7 Å². The first-order valence-corrected chi connectivity index (χ1v) is 5.01. The highest BCUT2D eigenvalue weighted by Gasteiger charge is 2.12. The van der Waals surface area contributed by atoms with Crippen LogP contribution in [0.25, 0.3) is 0 Å². The third-order valence-electron chi connectivity index (χ3n) is 2.24. The summed E-state index contributed by atoms with van der Waals surface area (Å²) in [5.74, 6) is -0.320. The average Bonchev–Trinajstić information content (AvgIpc) is 2.21. The van der Waals surface area contributed by atoms with Gasteiger partial charge in [-0.15, -0.1) is 0 Å². The van der Waals surface area contributed by atoms with E-state index >= 15 is 0 Å². The molecule has 0 saturated heterocycles. The van der Waals surface area contributed by atoms with Gasteiger partial charge in [-0.25, -0.2) is 0 Å². The Morgan fingerprint density at radius 2 is 2.27 bits per heavy atom. The Morgan fingerprint density at radius 1 is 1.60 bits per heavy atom. The molecule has 1 rings (SSSR count). The van der Waals surface area contributed by atoms with E-state index in [0.29, 0.717) is 5.02 Å². The molecule has 0 bridgehead atoms. The van der Waals surface area contributed by atoms with Crippen LogP contribution in [0.4, 0.5) is 0 Å². The van der Waals surface area contributed by atoms with Crippen molar-refractivity contribution < 1.29 is 9.53 Å². The van der Waals surface area contributed by atoms with Crippen LogP contribution in [0, 0.1) is 6.92 Å². The second-order valence-corrected chi connectivity index (χ2v) is 3.80. The first-order chi connectivity index (χ1) is 7.04. The Morgan fingerprint density at radius 3 is 2.80 bits per heavy atom. The van der Waals surface area contributed by atoms with E-state index in [1.165, 1.54) is 7.11 Å². The summed E-state index contributed by atoms with van der Waals surface area (Å²) >= 11 is 5.96. The maximum absolute atomic E-state index is 11.0. The van der Waals surface area contributed by atoms with Gasteiger partial charge in [0.05, 0.1) is 13.5 Å². The van der Waals surface area contributed by atoms with E-state index in [1.54, 1.807) is 6.07 Å². The number of ether oxygens (including phenoxy) is 1. The van der Waals surface area contributed by atoms with Gasteiger partial charge in [-0.2, -0.15) is 0 Å². The van der Waals surface area contributed by atoms with Gasteiger partial charge in [0, 0.05) is 11.1 Å². The van der Waals surface area contributed by atoms with E-state index in [9.17, 15) is 4.79 Å². The lowest BCUT2D eigenvalue weighted by Gasteiger charge is -2.11. The molecule has 0 aliphatic rings. The van der Waals surface area contributed by atoms with E-state index in [-0.39, 0.29) is 18.4 Å². The molecule has 1 aromatic rings. The van der Waals surface area contributed by atoms with Crippen LogP contribution in [-0.2, 0) is 9.53 Å². The van der Waals surface area contributed by atoms with Crippen molar-refractivity contribution in [1.82, 2.24) is 0 Å². The van der Waals surface area contributed by atoms with Gasteiger partial charge in [-0.05, 0) is 24.1 Å². The average molecular weight is 228 g/mol. The maximum atomic E-state index is 11.0. The molecule has 0 aromatic heterocycles. The summed E-state index contributed by atoms with van der Waals surface area (Å²) in [6.45, 7) is 1.91. The zero-order valence-electron chi connectivity index (χ0n) is 8.79. The minimum atomic E-state index is -0.365. The van der Waals surface area contributed by atoms with E-state index in [4.69, 9.17) is 17.3 Å². The molecule has 0 unspecified atom stereocenters. The molecular formula is C11H14ClNO2. The fraction of sp³-hybridized carbons (Fsp3) is 0.364. The molecule has 1 atom stereocenters. The number of esters is 1. The lowest BCUT2D eigenvalue weighted by Crippen LogP contribution is -2.16. The standard InChI is InChI=1S/C11H14ClNO2/c1-7-3-4-8(5-9(7)12)10(13)6-11(14)15-2/h3-5,10H,6,13H2,1-2H3/t10-/m1/s1. The van der Waals surface area contributed by atoms with E-state index in [2.05, 4.69) is 4.74 Å². The number of nitrogens with two attached hydrogens (primary N) is 1. The van der Waals surface area contributed by atoms with Gasteiger partial charge in [0.1, 0.15) is 0 Å². The van der Waals surface area contributed by atoms with E-state index in [1.807, 2.05) is 19.1 Å². The predicted molar refractivity (Wildman–Crippen MR) is 59.8 cm³/mol. The molecule has 0 aliphatic carbocycles. The molecule has 0 fully saturated rings. The van der Waals surface area contributed by atoms with Crippen LogP contribution in [0.2, 0.25) is 5.02 Å². The van der Waals surface area contributed by atoms with Crippen molar-refractivity contribution in [3.05, 3.63) is 34.3 Å². The molecule has 0 spiro atoms. The topological polar surface area (TPSA) is 52.3 Å². The second-order valence-electron chi connectivity index (χ2n) is 3.40. The molecule has 0 heterocycles. The number of benzene rings is 1. The van der Waals surface area contributed by atoms with Crippen molar-refractivity contribution in [1.29, 1.82) is 0 Å². The van der Waals surface area contributed by atoms with Gasteiger partial charge < -0.3 is 10.5 Å². The number of aryl methyl sites for hydroxylation is 1. The summed E-state index contributed by atoms with van der Waals surface area (Å²) in [7, 11) is 1.34. The highest BCUT2D eigenvalue weighted by molar-refractivity contribution is 6.31. The van der Waals surface area contributed by atoms with Crippen LogP contribution >= 0.6 is 11.6 Å². The second kappa shape index (κ2) is 5.14. The first kappa shape index (κ1) is 12.0. The van der Waals surface area contributed by atoms with Crippen molar-refractivity contribution >= 4 is 17.6 Å². The Bertz CT molecular complexity index is 366. The lowest BCUT2D eigenvalue weighted by molar-refractivity contribution is -0.141. The van der Waals surface area contributed by atoms with Crippen molar-refractivity contribution in [3.8, 4) is 0 Å². The molecule has 2 N–H and O–H groups in total. The number of carbonyl (C=O) groups is 1. The van der Waals surface area contributed by atoms with E-state index in [0.717, 1.165) is 11.1 Å². The number of methoxy groups -OCH3 is 1. The summed E-state index contributed by atoms with van der Waals surface area (Å²) < 4.78 is 4.54. The Hall–Kier alpha value is -1.06. The molecule has 0 amide bonds. The van der Waals surface area contributed by atoms with Gasteiger partial charge >= 0.3 is 5.97 Å². The Labute approximate surface area is 94.2 Å². The fourth-order valence-electron chi connectivity index (χ4n) is 1.22. The number of hydrogen-bond donors (Lipinski definition) is 1. The fourth-order valence-corrected chi connectivity index (χ4v) is 1.41. The molecule has 0 aliphatic heterocycles. The third kappa shape index (κ3) is 3.22. The zero-order chi connectivity index (χ0) is 11.4. The Balaban J connectivity index is 2.78. The van der Waals surface area contributed by atoms with Crippen LogP contribution in [0.1, 0.15) is 23.6 Å². The lowest BCUT2D eigenvalue weighted by atomic mass is 10.0. The van der Waals surface area contributed by atoms with Crippen LogP contribution in [0.15, 0.2) is 18.2 Å². The molecule has 0 radical (unpaired) electrons. The Kier molecular flexibility index (Phi) is 4.12. The first-order valence-electron chi connectivity index (χ1n) is 4.63. The zero-order valence-corrected chi connectivity index (χ0v) is 9.54. The van der Waals surface area contributed by atoms with Crippen LogP contribution in [-0.4, -0.2) is 13.1 Å². The molecule has 82 valence electrons. The number of halogens is 1. The molecule has 0 saturated carbocycles. The molecule has 3 nitrogen and oxygen atoms in total. The normalized spacial score (nSPS) is 12.3. The molecule has 1 aromatic carbocycles. The quantitative estimate of drug-likeness (QED) is 0.806. The third-order valence-corrected chi connectivity index (χ3v) is 2.65. The monoisotopic (exact) mass is 227 g/mol. The minimum Gasteiger partial charge on any atom is -0.469 e. The smallest absolute Gasteiger partial charge is 0.307 e. The highest BCUT2D eigenvalue weighted by atomic mass is 35.5. The predicted octanol–water partition coefficient (Wildman–Crippen LogP) is 2.21. The summed E-state index contributed by atoms with van der Waals surface area (Å²) in [5, 5.41) is 0.660. The molecule has 4 heteroatoms.